The number of phenolic OH excluding ortho intramolecular Hbond substituents is 1. The SMILES string of the molecule is CCCC1=C2[C@@H](CC/C(=C/c3cc(I)c(O)c(OC)c3)c3ccccn3)OB(O)C[C@@H]2[C@@H]2C(=O)N(Cc3cccs3)C(=O)[C@@H]2C1. The summed E-state index contributed by atoms with van der Waals surface area (Å²) in [5.74, 6) is -0.845. The number of imide groups is 1. The molecule has 45 heavy (non-hydrogen) atoms. The molecule has 1 aliphatic carbocycles. The van der Waals surface area contributed by atoms with Crippen LogP contribution in [0.25, 0.3) is 11.6 Å². The fourth-order valence-corrected chi connectivity index (χ4v) is 8.55. The van der Waals surface area contributed by atoms with Gasteiger partial charge >= 0.3 is 7.12 Å². The highest BCUT2D eigenvalue weighted by Crippen LogP contribution is 2.52. The van der Waals surface area contributed by atoms with Crippen molar-refractivity contribution < 1.29 is 29.1 Å². The number of nitrogens with zero attached hydrogens (tertiary/aromatic N) is 2. The molecule has 0 unspecified atom stereocenters. The monoisotopic (exact) mass is 738 g/mol. The molecule has 3 aromatic rings. The van der Waals surface area contributed by atoms with Gasteiger partial charge in [0.25, 0.3) is 0 Å². The maximum absolute atomic E-state index is 13.9. The average Bonchev–Trinajstić information content (AvgIpc) is 3.63. The quantitative estimate of drug-likeness (QED) is 0.105. The summed E-state index contributed by atoms with van der Waals surface area (Å²) in [5, 5.41) is 23.3. The minimum Gasteiger partial charge on any atom is -0.504 e. The summed E-state index contributed by atoms with van der Waals surface area (Å²) in [6.07, 6.45) is 7.18. The van der Waals surface area contributed by atoms with E-state index in [1.807, 2.05) is 47.9 Å². The van der Waals surface area contributed by atoms with Gasteiger partial charge in [-0.15, -0.1) is 11.3 Å². The lowest BCUT2D eigenvalue weighted by atomic mass is 9.58. The highest BCUT2D eigenvalue weighted by Gasteiger charge is 2.57. The van der Waals surface area contributed by atoms with Crippen LogP contribution in [0.3, 0.4) is 0 Å². The van der Waals surface area contributed by atoms with Gasteiger partial charge in [-0.1, -0.05) is 31.1 Å². The third kappa shape index (κ3) is 6.50. The number of fused-ring (bicyclic) bond motifs is 3. The predicted molar refractivity (Wildman–Crippen MR) is 183 cm³/mol. The van der Waals surface area contributed by atoms with Crippen molar-refractivity contribution in [1.82, 2.24) is 9.88 Å². The number of halogens is 1. The van der Waals surface area contributed by atoms with E-state index in [-0.39, 0.29) is 23.5 Å². The Bertz CT molecular complexity index is 1630. The number of carbonyl (C=O) groups is 2. The molecular formula is C34H36BIN2O6S. The van der Waals surface area contributed by atoms with Crippen LogP contribution in [-0.4, -0.2) is 52.2 Å². The van der Waals surface area contributed by atoms with E-state index in [1.54, 1.807) is 23.6 Å². The molecule has 0 spiro atoms. The number of allylic oxidation sites excluding steroid dienone is 2. The number of likely N-dealkylation sites (tertiary alicyclic amines) is 1. The van der Waals surface area contributed by atoms with Gasteiger partial charge in [-0.05, 0) is 119 Å². The molecule has 2 amide bonds. The highest BCUT2D eigenvalue weighted by atomic mass is 127. The zero-order chi connectivity index (χ0) is 31.7. The van der Waals surface area contributed by atoms with E-state index in [2.05, 4.69) is 34.5 Å². The summed E-state index contributed by atoms with van der Waals surface area (Å²) >= 11 is 3.63. The first-order chi connectivity index (χ1) is 21.8. The maximum atomic E-state index is 13.9. The molecule has 6 rings (SSSR count). The second-order valence-electron chi connectivity index (χ2n) is 11.9. The summed E-state index contributed by atoms with van der Waals surface area (Å²) in [6.45, 7) is 2.43. The fraction of sp³-hybridized carbons (Fsp3) is 0.382. The number of carbonyl (C=O) groups excluding carboxylic acids is 2. The Kier molecular flexibility index (Phi) is 9.79. The van der Waals surface area contributed by atoms with E-state index < -0.39 is 25.1 Å². The summed E-state index contributed by atoms with van der Waals surface area (Å²) in [7, 11) is 0.505. The molecule has 11 heteroatoms. The van der Waals surface area contributed by atoms with Crippen molar-refractivity contribution in [2.75, 3.05) is 7.11 Å². The lowest BCUT2D eigenvalue weighted by Crippen LogP contribution is -2.46. The fourth-order valence-electron chi connectivity index (χ4n) is 7.23. The number of benzene rings is 1. The lowest BCUT2D eigenvalue weighted by molar-refractivity contribution is -0.140. The Labute approximate surface area is 281 Å². The number of hydrogen-bond donors (Lipinski definition) is 2. The van der Waals surface area contributed by atoms with Gasteiger partial charge in [0, 0.05) is 11.1 Å². The number of rotatable bonds is 10. The summed E-state index contributed by atoms with van der Waals surface area (Å²) in [6, 6.07) is 13.4. The average molecular weight is 738 g/mol. The topological polar surface area (TPSA) is 109 Å². The lowest BCUT2D eigenvalue weighted by Gasteiger charge is -2.43. The van der Waals surface area contributed by atoms with E-state index in [0.29, 0.717) is 41.4 Å². The Hall–Kier alpha value is -3.00. The number of phenols is 1. The molecule has 0 bridgehead atoms. The Morgan fingerprint density at radius 2 is 2.07 bits per heavy atom. The molecule has 2 aliphatic heterocycles. The molecular weight excluding hydrogens is 702 g/mol. The number of ether oxygens (including phenoxy) is 1. The summed E-state index contributed by atoms with van der Waals surface area (Å²) < 4.78 is 12.3. The van der Waals surface area contributed by atoms with Crippen LogP contribution in [0.1, 0.15) is 55.2 Å². The summed E-state index contributed by atoms with van der Waals surface area (Å²) in [4.78, 5) is 34.6. The Morgan fingerprint density at radius 3 is 2.78 bits per heavy atom. The van der Waals surface area contributed by atoms with Crippen molar-refractivity contribution in [2.45, 2.75) is 58.0 Å². The van der Waals surface area contributed by atoms with Crippen molar-refractivity contribution in [3.8, 4) is 11.5 Å². The number of methoxy groups -OCH3 is 1. The van der Waals surface area contributed by atoms with Crippen LogP contribution in [0.2, 0.25) is 6.32 Å². The van der Waals surface area contributed by atoms with Crippen LogP contribution in [0, 0.1) is 21.3 Å². The molecule has 0 radical (unpaired) electrons. The largest absolute Gasteiger partial charge is 0.504 e. The molecule has 8 nitrogen and oxygen atoms in total. The molecule has 2 aromatic heterocycles. The molecule has 2 saturated heterocycles. The minimum absolute atomic E-state index is 0.0945. The van der Waals surface area contributed by atoms with Crippen molar-refractivity contribution >= 4 is 64.5 Å². The normalized spacial score (nSPS) is 23.4. The molecule has 4 atom stereocenters. The Morgan fingerprint density at radius 1 is 1.22 bits per heavy atom. The van der Waals surface area contributed by atoms with Crippen LogP contribution in [0.5, 0.6) is 11.5 Å². The van der Waals surface area contributed by atoms with Gasteiger partial charge in [-0.25, -0.2) is 0 Å². The van der Waals surface area contributed by atoms with Crippen LogP contribution in [0.15, 0.2) is 65.2 Å². The molecule has 2 N–H and O–H groups in total. The molecule has 0 saturated carbocycles. The van der Waals surface area contributed by atoms with Gasteiger partial charge in [0.15, 0.2) is 11.5 Å². The summed E-state index contributed by atoms with van der Waals surface area (Å²) in [5.41, 5.74) is 4.95. The van der Waals surface area contributed by atoms with Gasteiger partial charge in [0.05, 0.1) is 40.9 Å². The second kappa shape index (κ2) is 13.8. The first-order valence-corrected chi connectivity index (χ1v) is 17.4. The van der Waals surface area contributed by atoms with E-state index in [0.717, 1.165) is 40.1 Å². The number of thiophene rings is 1. The molecule has 3 aliphatic rings. The van der Waals surface area contributed by atoms with Crippen molar-refractivity contribution in [3.05, 3.63) is 84.9 Å². The highest BCUT2D eigenvalue weighted by molar-refractivity contribution is 14.1. The number of amides is 2. The van der Waals surface area contributed by atoms with Crippen LogP contribution in [-0.2, 0) is 20.8 Å². The van der Waals surface area contributed by atoms with Crippen molar-refractivity contribution in [3.63, 3.8) is 0 Å². The van der Waals surface area contributed by atoms with E-state index in [9.17, 15) is 19.7 Å². The van der Waals surface area contributed by atoms with Gasteiger partial charge in [-0.2, -0.15) is 0 Å². The van der Waals surface area contributed by atoms with Crippen molar-refractivity contribution in [2.24, 2.45) is 17.8 Å². The maximum Gasteiger partial charge on any atom is 0.455 e. The predicted octanol–water partition coefficient (Wildman–Crippen LogP) is 6.58. The van der Waals surface area contributed by atoms with Crippen LogP contribution < -0.4 is 4.74 Å². The molecule has 4 heterocycles. The first kappa shape index (κ1) is 32.0. The van der Waals surface area contributed by atoms with E-state index in [4.69, 9.17) is 9.39 Å². The first-order valence-electron chi connectivity index (χ1n) is 15.4. The molecule has 1 aromatic carbocycles. The molecule has 2 fully saturated rings. The van der Waals surface area contributed by atoms with E-state index in [1.165, 1.54) is 17.6 Å². The number of aromatic nitrogens is 1. The van der Waals surface area contributed by atoms with Gasteiger partial charge in [0.2, 0.25) is 11.8 Å². The molecule has 234 valence electrons. The number of pyridine rings is 1. The van der Waals surface area contributed by atoms with Gasteiger partial charge in [-0.3, -0.25) is 19.5 Å². The number of hydrogen-bond acceptors (Lipinski definition) is 8. The number of aromatic hydroxyl groups is 1. The smallest absolute Gasteiger partial charge is 0.455 e. The van der Waals surface area contributed by atoms with E-state index >= 15 is 0 Å². The third-order valence-electron chi connectivity index (χ3n) is 9.13. The Balaban J connectivity index is 1.32. The van der Waals surface area contributed by atoms with Crippen molar-refractivity contribution in [1.29, 1.82) is 0 Å². The zero-order valence-electron chi connectivity index (χ0n) is 25.3. The van der Waals surface area contributed by atoms with Crippen LogP contribution in [0.4, 0.5) is 0 Å². The van der Waals surface area contributed by atoms with Crippen LogP contribution >= 0.6 is 33.9 Å². The standard InChI is InChI=1S/C34H36BIN2O6S/c1-3-7-22-17-24-31(34(41)38(33(24)40)19-23-8-6-13-45-23)25-18-35(42)44-28(30(22)25)11-10-21(27-9-4-5-12-37-27)14-20-15-26(36)32(39)29(16-20)43-2/h4-6,8-9,12-16,24-25,28,31,39,42H,3,7,10-11,17-19H2,1-2H3/b21-14-/t24-,25+,28-,31-/m1/s1. The van der Waals surface area contributed by atoms with Gasteiger partial charge < -0.3 is 19.5 Å². The third-order valence-corrected chi connectivity index (χ3v) is 10.8. The van der Waals surface area contributed by atoms with Gasteiger partial charge in [0.1, 0.15) is 0 Å². The minimum atomic E-state index is -1.02. The zero-order valence-corrected chi connectivity index (χ0v) is 28.3. The second-order valence-corrected chi connectivity index (χ2v) is 14.1.